The Bertz CT molecular complexity index is 486. The molecule has 0 bridgehead atoms. The second-order valence-corrected chi connectivity index (χ2v) is 5.74. The summed E-state index contributed by atoms with van der Waals surface area (Å²) in [4.78, 5) is 14.1. The van der Waals surface area contributed by atoms with Gasteiger partial charge >= 0.3 is 0 Å². The number of nitrogens with zero attached hydrogens (tertiary/aromatic N) is 1. The number of piperidine rings is 1. The molecule has 5 nitrogen and oxygen atoms in total. The third-order valence-corrected chi connectivity index (χ3v) is 3.71. The normalized spacial score (nSPS) is 18.2. The van der Waals surface area contributed by atoms with Crippen molar-refractivity contribution in [3.8, 4) is 5.75 Å². The first-order valence-electron chi connectivity index (χ1n) is 7.52. The maximum absolute atomic E-state index is 11.8. The van der Waals surface area contributed by atoms with Gasteiger partial charge in [0, 0.05) is 43.3 Å². The Morgan fingerprint density at radius 2 is 2.22 bits per heavy atom. The molecule has 1 aliphatic heterocycles. The molecule has 2 unspecified atom stereocenters. The largest absolute Gasteiger partial charge is 0.497 e. The third-order valence-electron chi connectivity index (χ3n) is 3.71. The van der Waals surface area contributed by atoms with E-state index in [1.165, 1.54) is 0 Å². The number of hydrogen-bond acceptors (Lipinski definition) is 4. The van der Waals surface area contributed by atoms with E-state index < -0.39 is 0 Å². The van der Waals surface area contributed by atoms with Gasteiger partial charge < -0.3 is 20.7 Å². The molecule has 2 atom stereocenters. The average Bonchev–Trinajstić information content (AvgIpc) is 2.46. The Balaban J connectivity index is 0.00000242. The van der Waals surface area contributed by atoms with Crippen LogP contribution in [-0.4, -0.2) is 38.2 Å². The molecule has 7 heteroatoms. The second-order valence-electron chi connectivity index (χ2n) is 5.74. The van der Waals surface area contributed by atoms with Crippen LogP contribution in [0.15, 0.2) is 24.3 Å². The van der Waals surface area contributed by atoms with Crippen LogP contribution in [0, 0.1) is 0 Å². The van der Waals surface area contributed by atoms with E-state index in [-0.39, 0.29) is 42.8 Å². The van der Waals surface area contributed by atoms with Crippen LogP contribution < -0.4 is 20.7 Å². The molecule has 1 fully saturated rings. The van der Waals surface area contributed by atoms with E-state index in [9.17, 15) is 4.79 Å². The molecular formula is C16H27Cl2N3O2. The second kappa shape index (κ2) is 10.6. The van der Waals surface area contributed by atoms with E-state index in [0.29, 0.717) is 6.42 Å². The molecule has 0 aromatic heterocycles. The fourth-order valence-electron chi connectivity index (χ4n) is 2.72. The zero-order chi connectivity index (χ0) is 15.2. The molecule has 1 saturated heterocycles. The van der Waals surface area contributed by atoms with Crippen LogP contribution in [0.2, 0.25) is 0 Å². The number of benzene rings is 1. The number of halogens is 2. The standard InChI is InChI=1S/C16H25N3O2.2ClH/c1-12(17)9-16(20)18-13-5-4-8-19(11-13)14-6-3-7-15(10-14)21-2;;/h3,6-7,10,12-13H,4-5,8-9,11,17H2,1-2H3,(H,18,20);2*1H. The lowest BCUT2D eigenvalue weighted by molar-refractivity contribution is -0.122. The lowest BCUT2D eigenvalue weighted by Gasteiger charge is -2.35. The summed E-state index contributed by atoms with van der Waals surface area (Å²) in [6, 6.07) is 8.14. The number of hydrogen-bond donors (Lipinski definition) is 2. The van der Waals surface area contributed by atoms with Gasteiger partial charge in [-0.2, -0.15) is 0 Å². The first kappa shape index (κ1) is 21.8. The van der Waals surface area contributed by atoms with Crippen LogP contribution in [0.4, 0.5) is 5.69 Å². The van der Waals surface area contributed by atoms with Crippen LogP contribution in [0.1, 0.15) is 26.2 Å². The highest BCUT2D eigenvalue weighted by Crippen LogP contribution is 2.24. The topological polar surface area (TPSA) is 67.6 Å². The molecule has 3 N–H and O–H groups in total. The lowest BCUT2D eigenvalue weighted by atomic mass is 10.0. The smallest absolute Gasteiger partial charge is 0.221 e. The van der Waals surface area contributed by atoms with Crippen molar-refractivity contribution in [1.82, 2.24) is 5.32 Å². The first-order chi connectivity index (χ1) is 10.1. The van der Waals surface area contributed by atoms with Gasteiger partial charge in [0.05, 0.1) is 7.11 Å². The minimum Gasteiger partial charge on any atom is -0.497 e. The van der Waals surface area contributed by atoms with Crippen molar-refractivity contribution in [1.29, 1.82) is 0 Å². The van der Waals surface area contributed by atoms with Gasteiger partial charge in [0.25, 0.3) is 0 Å². The molecule has 2 rings (SSSR count). The van der Waals surface area contributed by atoms with Gasteiger partial charge in [-0.25, -0.2) is 0 Å². The molecule has 1 aliphatic rings. The van der Waals surface area contributed by atoms with Crippen LogP contribution in [0.3, 0.4) is 0 Å². The van der Waals surface area contributed by atoms with E-state index in [1.807, 2.05) is 25.1 Å². The Hall–Kier alpha value is -1.17. The number of methoxy groups -OCH3 is 1. The number of carbonyl (C=O) groups excluding carboxylic acids is 1. The zero-order valence-corrected chi connectivity index (χ0v) is 15.3. The van der Waals surface area contributed by atoms with Gasteiger partial charge in [-0.15, -0.1) is 24.8 Å². The summed E-state index contributed by atoms with van der Waals surface area (Å²) in [6.45, 7) is 3.69. The summed E-state index contributed by atoms with van der Waals surface area (Å²) in [5, 5.41) is 3.09. The molecule has 0 saturated carbocycles. The van der Waals surface area contributed by atoms with Gasteiger partial charge in [-0.05, 0) is 31.9 Å². The predicted molar refractivity (Wildman–Crippen MR) is 99.1 cm³/mol. The minimum atomic E-state index is -0.0944. The molecule has 1 heterocycles. The number of nitrogens with one attached hydrogen (secondary N) is 1. The van der Waals surface area contributed by atoms with Crippen molar-refractivity contribution in [2.24, 2.45) is 5.73 Å². The highest BCUT2D eigenvalue weighted by molar-refractivity contribution is 5.85. The zero-order valence-electron chi connectivity index (χ0n) is 13.7. The average molecular weight is 364 g/mol. The summed E-state index contributed by atoms with van der Waals surface area (Å²) in [5.74, 6) is 0.901. The fourth-order valence-corrected chi connectivity index (χ4v) is 2.72. The van der Waals surface area contributed by atoms with Gasteiger partial charge in [0.15, 0.2) is 0 Å². The summed E-state index contributed by atoms with van der Waals surface area (Å²) >= 11 is 0. The number of anilines is 1. The highest BCUT2D eigenvalue weighted by Gasteiger charge is 2.22. The fraction of sp³-hybridized carbons (Fsp3) is 0.562. The molecule has 0 spiro atoms. The summed E-state index contributed by atoms with van der Waals surface area (Å²) in [6.07, 6.45) is 2.47. The van der Waals surface area contributed by atoms with Crippen LogP contribution in [0.25, 0.3) is 0 Å². The maximum atomic E-state index is 11.8. The van der Waals surface area contributed by atoms with Gasteiger partial charge in [0.2, 0.25) is 5.91 Å². The van der Waals surface area contributed by atoms with Crippen LogP contribution >= 0.6 is 24.8 Å². The van der Waals surface area contributed by atoms with E-state index in [4.69, 9.17) is 10.5 Å². The van der Waals surface area contributed by atoms with E-state index in [2.05, 4.69) is 16.3 Å². The Morgan fingerprint density at radius 3 is 2.87 bits per heavy atom. The number of ether oxygens (including phenoxy) is 1. The van der Waals surface area contributed by atoms with Gasteiger partial charge in [-0.3, -0.25) is 4.79 Å². The van der Waals surface area contributed by atoms with Crippen LogP contribution in [0.5, 0.6) is 5.75 Å². The number of amides is 1. The first-order valence-corrected chi connectivity index (χ1v) is 7.52. The number of carbonyl (C=O) groups is 1. The predicted octanol–water partition coefficient (Wildman–Crippen LogP) is 2.36. The van der Waals surface area contributed by atoms with E-state index >= 15 is 0 Å². The van der Waals surface area contributed by atoms with E-state index in [0.717, 1.165) is 37.4 Å². The molecule has 1 aromatic carbocycles. The molecule has 1 aromatic rings. The summed E-state index contributed by atoms with van der Waals surface area (Å²) < 4.78 is 5.27. The molecule has 132 valence electrons. The monoisotopic (exact) mass is 363 g/mol. The molecule has 0 aliphatic carbocycles. The van der Waals surface area contributed by atoms with E-state index in [1.54, 1.807) is 7.11 Å². The van der Waals surface area contributed by atoms with Crippen molar-refractivity contribution >= 4 is 36.4 Å². The summed E-state index contributed by atoms with van der Waals surface area (Å²) in [7, 11) is 1.67. The molecule has 23 heavy (non-hydrogen) atoms. The highest BCUT2D eigenvalue weighted by atomic mass is 35.5. The molecule has 0 radical (unpaired) electrons. The maximum Gasteiger partial charge on any atom is 0.221 e. The van der Waals surface area contributed by atoms with Crippen molar-refractivity contribution < 1.29 is 9.53 Å². The van der Waals surface area contributed by atoms with Crippen molar-refractivity contribution in [3.05, 3.63) is 24.3 Å². The quantitative estimate of drug-likeness (QED) is 0.842. The van der Waals surface area contributed by atoms with Gasteiger partial charge in [0.1, 0.15) is 5.75 Å². The van der Waals surface area contributed by atoms with Crippen LogP contribution in [-0.2, 0) is 4.79 Å². The minimum absolute atomic E-state index is 0. The lowest BCUT2D eigenvalue weighted by Crippen LogP contribution is -2.48. The Morgan fingerprint density at radius 1 is 1.48 bits per heavy atom. The number of nitrogens with two attached hydrogens (primary N) is 1. The SMILES string of the molecule is COc1cccc(N2CCCC(NC(=O)CC(C)N)C2)c1.Cl.Cl. The van der Waals surface area contributed by atoms with Gasteiger partial charge in [-0.1, -0.05) is 6.07 Å². The Kier molecular flexibility index (Phi) is 10.0. The van der Waals surface area contributed by atoms with Crippen molar-refractivity contribution in [2.75, 3.05) is 25.1 Å². The Labute approximate surface area is 150 Å². The van der Waals surface area contributed by atoms with Crippen molar-refractivity contribution in [3.63, 3.8) is 0 Å². The summed E-state index contributed by atoms with van der Waals surface area (Å²) in [5.41, 5.74) is 6.80. The third kappa shape index (κ3) is 6.85. The molecule has 1 amide bonds. The number of rotatable bonds is 5. The van der Waals surface area contributed by atoms with Crippen molar-refractivity contribution in [2.45, 2.75) is 38.3 Å². The molecular weight excluding hydrogens is 337 g/mol.